The molecule has 0 bridgehead atoms. The zero-order valence-corrected chi connectivity index (χ0v) is 11.8. The van der Waals surface area contributed by atoms with E-state index in [0.29, 0.717) is 12.2 Å². The summed E-state index contributed by atoms with van der Waals surface area (Å²) >= 11 is 1.68. The third-order valence-electron chi connectivity index (χ3n) is 4.00. The minimum absolute atomic E-state index is 0.106. The third-order valence-corrected chi connectivity index (χ3v) is 5.10. The summed E-state index contributed by atoms with van der Waals surface area (Å²) in [5, 5.41) is 3.94. The number of ether oxygens (including phenoxy) is 1. The summed E-state index contributed by atoms with van der Waals surface area (Å²) in [6, 6.07) is 6.91. The highest BCUT2D eigenvalue weighted by Gasteiger charge is 2.52. The van der Waals surface area contributed by atoms with Crippen LogP contribution in [0.5, 0.6) is 0 Å². The van der Waals surface area contributed by atoms with Gasteiger partial charge in [-0.1, -0.05) is 30.0 Å². The quantitative estimate of drug-likeness (QED) is 0.786. The van der Waals surface area contributed by atoms with E-state index in [1.165, 1.54) is 6.07 Å². The van der Waals surface area contributed by atoms with E-state index in [1.807, 2.05) is 27.0 Å². The molecule has 1 saturated heterocycles. The molecule has 3 nitrogen and oxygen atoms in total. The average Bonchev–Trinajstić information content (AvgIpc) is 2.77. The first-order valence-electron chi connectivity index (χ1n) is 6.44. The molecule has 0 saturated carbocycles. The van der Waals surface area contributed by atoms with E-state index in [4.69, 9.17) is 9.73 Å². The molecule has 6 heteroatoms. The number of rotatable bonds is 1. The van der Waals surface area contributed by atoms with Crippen LogP contribution in [0.3, 0.4) is 0 Å². The summed E-state index contributed by atoms with van der Waals surface area (Å²) in [6.07, 6.45) is 0.106. The molecule has 1 aromatic rings. The fraction of sp³-hybridized carbons (Fsp3) is 0.462. The van der Waals surface area contributed by atoms with E-state index < -0.39 is 5.54 Å². The molecular formula is C13H16BFN2OS. The van der Waals surface area contributed by atoms with Gasteiger partial charge in [-0.2, -0.15) is 0 Å². The molecule has 2 aliphatic rings. The maximum Gasteiger partial charge on any atom is 0.216 e. The van der Waals surface area contributed by atoms with Crippen LogP contribution in [0.2, 0.25) is 0 Å². The summed E-state index contributed by atoms with van der Waals surface area (Å²) in [7, 11) is 1.85. The fourth-order valence-corrected chi connectivity index (χ4v) is 4.17. The first-order valence-corrected chi connectivity index (χ1v) is 7.43. The second-order valence-electron chi connectivity index (χ2n) is 5.00. The number of thioether (sulfide) groups is 1. The molecule has 0 spiro atoms. The maximum atomic E-state index is 14.2. The first-order chi connectivity index (χ1) is 9.17. The van der Waals surface area contributed by atoms with Gasteiger partial charge in [-0.25, -0.2) is 9.38 Å². The van der Waals surface area contributed by atoms with Gasteiger partial charge in [0.1, 0.15) is 16.5 Å². The van der Waals surface area contributed by atoms with E-state index in [2.05, 4.69) is 5.23 Å². The molecule has 0 radical (unpaired) electrons. The highest BCUT2D eigenvalue weighted by molar-refractivity contribution is 8.13. The molecule has 2 aliphatic heterocycles. The highest BCUT2D eigenvalue weighted by atomic mass is 32.2. The monoisotopic (exact) mass is 278 g/mol. The van der Waals surface area contributed by atoms with Crippen molar-refractivity contribution in [2.75, 3.05) is 12.4 Å². The Balaban J connectivity index is 2.14. The SMILES string of the molecule is BNC1=N[C@@]2(c3ccccc3F)CO[C@H](C)[C@H]2CS1. The van der Waals surface area contributed by atoms with Crippen LogP contribution in [0.4, 0.5) is 4.39 Å². The van der Waals surface area contributed by atoms with Gasteiger partial charge in [-0.05, 0) is 13.0 Å². The lowest BCUT2D eigenvalue weighted by atomic mass is 9.79. The number of halogens is 1. The molecule has 100 valence electrons. The van der Waals surface area contributed by atoms with Gasteiger partial charge in [0.15, 0.2) is 0 Å². The number of benzene rings is 1. The summed E-state index contributed by atoms with van der Waals surface area (Å²) in [5.41, 5.74) is 0.0753. The Morgan fingerprint density at radius 2 is 2.32 bits per heavy atom. The summed E-state index contributed by atoms with van der Waals surface area (Å²) in [4.78, 5) is 4.78. The van der Waals surface area contributed by atoms with Crippen molar-refractivity contribution < 1.29 is 9.13 Å². The highest BCUT2D eigenvalue weighted by Crippen LogP contribution is 2.47. The Morgan fingerprint density at radius 3 is 3.05 bits per heavy atom. The van der Waals surface area contributed by atoms with Gasteiger partial charge in [0.2, 0.25) is 7.98 Å². The number of hydrogen-bond donors (Lipinski definition) is 1. The standard InChI is InChI=1S/C13H16BFN2OS/c1-8-10-6-19-12(17-14)16-13(10,7-18-8)9-4-2-3-5-11(9)15/h2-5,8,10H,6-7,14H2,1H3,(H,16,17)/t8-,10-,13-/m1/s1. The Hall–Kier alpha value is -1.01. The van der Waals surface area contributed by atoms with E-state index in [1.54, 1.807) is 17.8 Å². The molecule has 0 aliphatic carbocycles. The number of hydrogen-bond acceptors (Lipinski definition) is 4. The Bertz CT molecular complexity index is 527. The minimum Gasteiger partial charge on any atom is -0.415 e. The molecule has 0 aromatic heterocycles. The summed E-state index contributed by atoms with van der Waals surface area (Å²) in [6.45, 7) is 2.50. The van der Waals surface area contributed by atoms with Crippen molar-refractivity contribution in [1.82, 2.24) is 5.23 Å². The van der Waals surface area contributed by atoms with Crippen LogP contribution in [0, 0.1) is 11.7 Å². The lowest BCUT2D eigenvalue weighted by molar-refractivity contribution is 0.107. The van der Waals surface area contributed by atoms with Crippen molar-refractivity contribution in [3.63, 3.8) is 0 Å². The number of aliphatic imine (C=N–C) groups is 1. The number of nitrogens with one attached hydrogen (secondary N) is 1. The van der Waals surface area contributed by atoms with Crippen molar-refractivity contribution >= 4 is 24.9 Å². The van der Waals surface area contributed by atoms with E-state index in [-0.39, 0.29) is 17.8 Å². The van der Waals surface area contributed by atoms with Gasteiger partial charge in [0.05, 0.1) is 12.7 Å². The Kier molecular flexibility index (Phi) is 3.31. The molecule has 0 unspecified atom stereocenters. The van der Waals surface area contributed by atoms with Gasteiger partial charge in [-0.15, -0.1) is 0 Å². The minimum atomic E-state index is -0.575. The second kappa shape index (κ2) is 4.83. The van der Waals surface area contributed by atoms with Crippen LogP contribution < -0.4 is 5.23 Å². The van der Waals surface area contributed by atoms with Crippen LogP contribution in [0.1, 0.15) is 12.5 Å². The van der Waals surface area contributed by atoms with E-state index in [9.17, 15) is 4.39 Å². The molecule has 0 amide bonds. The van der Waals surface area contributed by atoms with Crippen LogP contribution in [0.25, 0.3) is 0 Å². The largest absolute Gasteiger partial charge is 0.415 e. The van der Waals surface area contributed by atoms with Crippen molar-refractivity contribution in [3.05, 3.63) is 35.6 Å². The third kappa shape index (κ3) is 1.97. The zero-order chi connectivity index (χ0) is 13.5. The molecule has 19 heavy (non-hydrogen) atoms. The second-order valence-corrected chi connectivity index (χ2v) is 6.01. The topological polar surface area (TPSA) is 33.6 Å². The first kappa shape index (κ1) is 13.0. The van der Waals surface area contributed by atoms with E-state index in [0.717, 1.165) is 10.9 Å². The van der Waals surface area contributed by atoms with Gasteiger partial charge in [0, 0.05) is 17.2 Å². The Labute approximate surface area is 117 Å². The van der Waals surface area contributed by atoms with Crippen LogP contribution >= 0.6 is 11.8 Å². The maximum absolute atomic E-state index is 14.2. The van der Waals surface area contributed by atoms with Gasteiger partial charge < -0.3 is 9.96 Å². The zero-order valence-electron chi connectivity index (χ0n) is 11.0. The summed E-state index contributed by atoms with van der Waals surface area (Å²) < 4.78 is 20.0. The molecule has 3 atom stereocenters. The van der Waals surface area contributed by atoms with Gasteiger partial charge in [-0.3, -0.25) is 0 Å². The number of nitrogens with zero attached hydrogens (tertiary/aromatic N) is 1. The van der Waals surface area contributed by atoms with Crippen molar-refractivity contribution in [2.45, 2.75) is 18.6 Å². The predicted molar refractivity (Wildman–Crippen MR) is 78.6 cm³/mol. The lowest BCUT2D eigenvalue weighted by Gasteiger charge is -2.36. The van der Waals surface area contributed by atoms with Crippen LogP contribution in [0.15, 0.2) is 29.3 Å². The van der Waals surface area contributed by atoms with Crippen molar-refractivity contribution in [3.8, 4) is 0 Å². The Morgan fingerprint density at radius 1 is 1.53 bits per heavy atom. The summed E-state index contributed by atoms with van der Waals surface area (Å²) in [5.74, 6) is 0.914. The molecule has 1 aromatic carbocycles. The predicted octanol–water partition coefficient (Wildman–Crippen LogP) is 1.30. The van der Waals surface area contributed by atoms with Crippen LogP contribution in [-0.4, -0.2) is 31.6 Å². The fourth-order valence-electron chi connectivity index (χ4n) is 2.92. The normalized spacial score (nSPS) is 33.7. The molecule has 1 N–H and O–H groups in total. The van der Waals surface area contributed by atoms with Crippen LogP contribution in [-0.2, 0) is 10.3 Å². The molecular weight excluding hydrogens is 262 g/mol. The average molecular weight is 278 g/mol. The molecule has 2 heterocycles. The van der Waals surface area contributed by atoms with Crippen molar-refractivity contribution in [2.24, 2.45) is 10.9 Å². The smallest absolute Gasteiger partial charge is 0.216 e. The van der Waals surface area contributed by atoms with Gasteiger partial charge >= 0.3 is 0 Å². The lowest BCUT2D eigenvalue weighted by Crippen LogP contribution is -2.42. The van der Waals surface area contributed by atoms with Crippen molar-refractivity contribution in [1.29, 1.82) is 0 Å². The number of fused-ring (bicyclic) bond motifs is 1. The number of amidine groups is 1. The van der Waals surface area contributed by atoms with E-state index >= 15 is 0 Å². The molecule has 3 rings (SSSR count). The van der Waals surface area contributed by atoms with Gasteiger partial charge in [0.25, 0.3) is 0 Å². The molecule has 1 fully saturated rings.